The van der Waals surface area contributed by atoms with Gasteiger partial charge in [-0.1, -0.05) is 60.7 Å². The van der Waals surface area contributed by atoms with Gasteiger partial charge < -0.3 is 0 Å². The van der Waals surface area contributed by atoms with E-state index in [1.165, 1.54) is 16.7 Å². The molecule has 3 rings (SSSR count). The zero-order chi connectivity index (χ0) is 14.3. The third-order valence-electron chi connectivity index (χ3n) is 3.61. The van der Waals surface area contributed by atoms with Gasteiger partial charge in [0.2, 0.25) is 0 Å². The summed E-state index contributed by atoms with van der Waals surface area (Å²) < 4.78 is 0. The fourth-order valence-electron chi connectivity index (χ4n) is 2.56. The minimum Gasteiger partial charge on any atom is -0.159 e. The lowest BCUT2D eigenvalue weighted by Gasteiger charge is -2.16. The number of nitrogens with zero attached hydrogens (tertiary/aromatic N) is 2. The van der Waals surface area contributed by atoms with E-state index in [2.05, 4.69) is 46.6 Å². The Kier molecular flexibility index (Phi) is 4.37. The monoisotopic (exact) mass is 274 g/mol. The van der Waals surface area contributed by atoms with Gasteiger partial charge in [-0.05, 0) is 36.5 Å². The molecular formula is C19H18N2. The second kappa shape index (κ2) is 6.80. The molecular weight excluding hydrogens is 256 g/mol. The first-order valence-corrected chi connectivity index (χ1v) is 7.33. The Morgan fingerprint density at radius 1 is 0.857 bits per heavy atom. The van der Waals surface area contributed by atoms with E-state index in [0.29, 0.717) is 0 Å². The average molecular weight is 274 g/mol. The van der Waals surface area contributed by atoms with Crippen LogP contribution in [-0.4, -0.2) is 11.9 Å². The van der Waals surface area contributed by atoms with Gasteiger partial charge in [-0.2, -0.15) is 10.2 Å². The lowest BCUT2D eigenvalue weighted by atomic mass is 9.90. The van der Waals surface area contributed by atoms with Crippen LogP contribution in [0.25, 0.3) is 6.08 Å². The van der Waals surface area contributed by atoms with Gasteiger partial charge in [0.25, 0.3) is 0 Å². The summed E-state index contributed by atoms with van der Waals surface area (Å²) in [4.78, 5) is 0. The van der Waals surface area contributed by atoms with Crippen molar-refractivity contribution >= 4 is 18.0 Å². The van der Waals surface area contributed by atoms with E-state index in [-0.39, 0.29) is 0 Å². The number of aryl methyl sites for hydroxylation is 1. The molecule has 0 amide bonds. The smallest absolute Gasteiger partial charge is 0.0705 e. The Hall–Kier alpha value is -2.48. The normalized spacial score (nSPS) is 16.7. The Morgan fingerprint density at radius 2 is 1.67 bits per heavy atom. The molecule has 0 aromatic heterocycles. The Morgan fingerprint density at radius 3 is 2.57 bits per heavy atom. The van der Waals surface area contributed by atoms with Crippen LogP contribution in [0.15, 0.2) is 70.9 Å². The molecule has 0 atom stereocenters. The van der Waals surface area contributed by atoms with Crippen LogP contribution in [0, 0.1) is 0 Å². The zero-order valence-corrected chi connectivity index (χ0v) is 11.9. The van der Waals surface area contributed by atoms with Crippen LogP contribution >= 0.6 is 0 Å². The predicted octanol–water partition coefficient (Wildman–Crippen LogP) is 4.51. The average Bonchev–Trinajstić information content (AvgIpc) is 2.56. The molecule has 21 heavy (non-hydrogen) atoms. The highest BCUT2D eigenvalue weighted by Crippen LogP contribution is 2.21. The van der Waals surface area contributed by atoms with Crippen molar-refractivity contribution in [2.75, 3.05) is 0 Å². The van der Waals surface area contributed by atoms with Crippen molar-refractivity contribution < 1.29 is 0 Å². The van der Waals surface area contributed by atoms with E-state index in [1.54, 1.807) is 6.21 Å². The Balaban J connectivity index is 1.70. The quantitative estimate of drug-likeness (QED) is 0.581. The largest absolute Gasteiger partial charge is 0.159 e. The molecule has 0 N–H and O–H groups in total. The van der Waals surface area contributed by atoms with Crippen LogP contribution in [-0.2, 0) is 6.42 Å². The SMILES string of the molecule is C(=C\c1ccccc1)/C=N/N=C1\CCCc2ccccc21. The van der Waals surface area contributed by atoms with Gasteiger partial charge in [0, 0.05) is 11.8 Å². The van der Waals surface area contributed by atoms with Crippen LogP contribution < -0.4 is 0 Å². The molecule has 1 aliphatic rings. The van der Waals surface area contributed by atoms with Crippen LogP contribution in [0.3, 0.4) is 0 Å². The fraction of sp³-hybridized carbons (Fsp3) is 0.158. The first kappa shape index (κ1) is 13.5. The van der Waals surface area contributed by atoms with Gasteiger partial charge in [0.1, 0.15) is 0 Å². The molecule has 0 radical (unpaired) electrons. The van der Waals surface area contributed by atoms with E-state index in [9.17, 15) is 0 Å². The molecule has 2 aromatic carbocycles. The van der Waals surface area contributed by atoms with Crippen molar-refractivity contribution in [3.8, 4) is 0 Å². The molecule has 0 saturated carbocycles. The van der Waals surface area contributed by atoms with Crippen LogP contribution in [0.4, 0.5) is 0 Å². The summed E-state index contributed by atoms with van der Waals surface area (Å²) in [5.41, 5.74) is 4.91. The van der Waals surface area contributed by atoms with E-state index in [0.717, 1.165) is 25.0 Å². The van der Waals surface area contributed by atoms with Crippen molar-refractivity contribution in [3.05, 3.63) is 77.4 Å². The van der Waals surface area contributed by atoms with Crippen molar-refractivity contribution in [2.24, 2.45) is 10.2 Å². The fourth-order valence-corrected chi connectivity index (χ4v) is 2.56. The van der Waals surface area contributed by atoms with Crippen molar-refractivity contribution in [1.29, 1.82) is 0 Å². The number of hydrogen-bond acceptors (Lipinski definition) is 2. The molecule has 0 bridgehead atoms. The summed E-state index contributed by atoms with van der Waals surface area (Å²) in [6.07, 6.45) is 9.01. The second-order valence-electron chi connectivity index (χ2n) is 5.09. The topological polar surface area (TPSA) is 24.7 Å². The number of hydrogen-bond donors (Lipinski definition) is 0. The molecule has 2 aromatic rings. The highest BCUT2D eigenvalue weighted by atomic mass is 15.2. The van der Waals surface area contributed by atoms with E-state index in [4.69, 9.17) is 0 Å². The first-order chi connectivity index (χ1) is 10.4. The maximum atomic E-state index is 4.39. The lowest BCUT2D eigenvalue weighted by molar-refractivity contribution is 0.835. The maximum Gasteiger partial charge on any atom is 0.0705 e. The van der Waals surface area contributed by atoms with E-state index < -0.39 is 0 Å². The van der Waals surface area contributed by atoms with Gasteiger partial charge in [0.15, 0.2) is 0 Å². The molecule has 104 valence electrons. The highest BCUT2D eigenvalue weighted by Gasteiger charge is 2.14. The third kappa shape index (κ3) is 3.54. The minimum atomic E-state index is 1.01. The van der Waals surface area contributed by atoms with Crippen LogP contribution in [0.5, 0.6) is 0 Å². The molecule has 0 fully saturated rings. The van der Waals surface area contributed by atoms with Gasteiger partial charge in [-0.15, -0.1) is 0 Å². The van der Waals surface area contributed by atoms with Crippen LogP contribution in [0.1, 0.15) is 29.5 Å². The summed E-state index contributed by atoms with van der Waals surface area (Å²) in [7, 11) is 0. The highest BCUT2D eigenvalue weighted by molar-refractivity contribution is 6.02. The number of rotatable bonds is 3. The number of allylic oxidation sites excluding steroid dienone is 1. The van der Waals surface area contributed by atoms with Gasteiger partial charge >= 0.3 is 0 Å². The standard InChI is InChI=1S/C19H18N2/c1-2-8-16(9-3-1)10-7-15-20-21-19-14-6-12-17-11-4-5-13-18(17)19/h1-5,7-11,13,15H,6,12,14H2/b10-7+,20-15+,21-19+. The molecule has 0 spiro atoms. The third-order valence-corrected chi connectivity index (χ3v) is 3.61. The Bertz CT molecular complexity index is 682. The van der Waals surface area contributed by atoms with Crippen LogP contribution in [0.2, 0.25) is 0 Å². The zero-order valence-electron chi connectivity index (χ0n) is 11.9. The summed E-state index contributed by atoms with van der Waals surface area (Å²) in [6, 6.07) is 18.7. The molecule has 0 saturated heterocycles. The maximum absolute atomic E-state index is 4.39. The van der Waals surface area contributed by atoms with Crippen molar-refractivity contribution in [3.63, 3.8) is 0 Å². The lowest BCUT2D eigenvalue weighted by Crippen LogP contribution is -2.11. The Labute approximate surface area is 125 Å². The molecule has 0 unspecified atom stereocenters. The van der Waals surface area contributed by atoms with E-state index >= 15 is 0 Å². The van der Waals surface area contributed by atoms with Gasteiger partial charge in [0.05, 0.1) is 5.71 Å². The predicted molar refractivity (Wildman–Crippen MR) is 89.9 cm³/mol. The summed E-state index contributed by atoms with van der Waals surface area (Å²) in [6.45, 7) is 0. The number of benzene rings is 2. The molecule has 1 aliphatic carbocycles. The molecule has 0 heterocycles. The van der Waals surface area contributed by atoms with Crippen molar-refractivity contribution in [1.82, 2.24) is 0 Å². The van der Waals surface area contributed by atoms with Gasteiger partial charge in [-0.25, -0.2) is 0 Å². The van der Waals surface area contributed by atoms with Crippen molar-refractivity contribution in [2.45, 2.75) is 19.3 Å². The van der Waals surface area contributed by atoms with E-state index in [1.807, 2.05) is 30.4 Å². The molecule has 2 heteroatoms. The molecule has 2 nitrogen and oxygen atoms in total. The summed E-state index contributed by atoms with van der Waals surface area (Å²) in [5, 5.41) is 8.58. The number of fused-ring (bicyclic) bond motifs is 1. The first-order valence-electron chi connectivity index (χ1n) is 7.33. The molecule has 0 aliphatic heterocycles. The van der Waals surface area contributed by atoms with Gasteiger partial charge in [-0.3, -0.25) is 0 Å². The second-order valence-corrected chi connectivity index (χ2v) is 5.09. The summed E-state index contributed by atoms with van der Waals surface area (Å²) in [5.74, 6) is 0. The minimum absolute atomic E-state index is 1.01. The summed E-state index contributed by atoms with van der Waals surface area (Å²) >= 11 is 0.